The van der Waals surface area contributed by atoms with Crippen molar-refractivity contribution in [1.29, 1.82) is 0 Å². The Morgan fingerprint density at radius 2 is 2.20 bits per heavy atom. The Balaban J connectivity index is 1.75. The predicted molar refractivity (Wildman–Crippen MR) is 100 cm³/mol. The van der Waals surface area contributed by atoms with Crippen LogP contribution in [0, 0.1) is 6.92 Å². The molecule has 1 aromatic carbocycles. The van der Waals surface area contributed by atoms with E-state index in [1.165, 1.54) is 0 Å². The molecule has 3 N–H and O–H groups in total. The van der Waals surface area contributed by atoms with E-state index in [0.717, 1.165) is 35.9 Å². The van der Waals surface area contributed by atoms with Gasteiger partial charge in [0.25, 0.3) is 0 Å². The van der Waals surface area contributed by atoms with Crippen LogP contribution in [0.25, 0.3) is 0 Å². The predicted octanol–water partition coefficient (Wildman–Crippen LogP) is 0.831. The first-order valence-electron chi connectivity index (χ1n) is 8.63. The number of rotatable bonds is 3. The Morgan fingerprint density at radius 1 is 1.40 bits per heavy atom. The summed E-state index contributed by atoms with van der Waals surface area (Å²) < 4.78 is 5.47. The van der Waals surface area contributed by atoms with Crippen LogP contribution in [0.2, 0.25) is 0 Å². The molecule has 2 heterocycles. The summed E-state index contributed by atoms with van der Waals surface area (Å²) in [6.45, 7) is 5.45. The molecule has 136 valence electrons. The number of nitrogens with one attached hydrogen (secondary N) is 1. The maximum atomic E-state index is 12.6. The van der Waals surface area contributed by atoms with Gasteiger partial charge in [0.2, 0.25) is 5.91 Å². The fourth-order valence-corrected chi connectivity index (χ4v) is 3.48. The second-order valence-electron chi connectivity index (χ2n) is 6.94. The summed E-state index contributed by atoms with van der Waals surface area (Å²) in [5.74, 6) is 0.798. The van der Waals surface area contributed by atoms with E-state index in [0.29, 0.717) is 26.2 Å². The molecule has 0 bridgehead atoms. The smallest absolute Gasteiger partial charge is 0.245 e. The van der Waals surface area contributed by atoms with Gasteiger partial charge in [0.15, 0.2) is 0 Å². The van der Waals surface area contributed by atoms with Gasteiger partial charge in [-0.1, -0.05) is 0 Å². The van der Waals surface area contributed by atoms with Gasteiger partial charge in [-0.25, -0.2) is 0 Å². The van der Waals surface area contributed by atoms with Crippen molar-refractivity contribution in [2.45, 2.75) is 18.9 Å². The summed E-state index contributed by atoms with van der Waals surface area (Å²) in [6.07, 6.45) is 0.677. The maximum Gasteiger partial charge on any atom is 0.245 e. The second kappa shape index (κ2) is 7.11. The Kier molecular flexibility index (Phi) is 5.08. The van der Waals surface area contributed by atoms with Crippen LogP contribution in [0.3, 0.4) is 0 Å². The molecule has 2 fully saturated rings. The lowest BCUT2D eigenvalue weighted by atomic mass is 9.99. The fourth-order valence-electron chi connectivity index (χ4n) is 3.48. The van der Waals surface area contributed by atoms with Crippen molar-refractivity contribution in [3.05, 3.63) is 23.8 Å². The topological polar surface area (TPSA) is 83.2 Å². The maximum absolute atomic E-state index is 12.6. The molecule has 0 saturated carbocycles. The molecule has 2 saturated heterocycles. The number of anilines is 2. The van der Waals surface area contributed by atoms with Crippen LogP contribution in [0.15, 0.2) is 23.2 Å². The van der Waals surface area contributed by atoms with Gasteiger partial charge in [-0.3, -0.25) is 9.79 Å². The number of likely N-dealkylation sites (N-methyl/N-ethyl adjacent to an activating group) is 1. The van der Waals surface area contributed by atoms with Gasteiger partial charge in [0, 0.05) is 38.1 Å². The monoisotopic (exact) mass is 345 g/mol. The SMILES string of the molecule is CN=C1COCCN1c1ccc(NC(=O)C2(N)CCN(C)C2)cc1C. The molecule has 2 aliphatic rings. The summed E-state index contributed by atoms with van der Waals surface area (Å²) in [7, 11) is 3.76. The average Bonchev–Trinajstić information content (AvgIpc) is 2.95. The van der Waals surface area contributed by atoms with E-state index in [4.69, 9.17) is 10.5 Å². The van der Waals surface area contributed by atoms with Crippen molar-refractivity contribution in [1.82, 2.24) is 4.90 Å². The number of aliphatic imine (C=N–C) groups is 1. The first-order chi connectivity index (χ1) is 11.9. The molecule has 3 rings (SSSR count). The zero-order valence-corrected chi connectivity index (χ0v) is 15.2. The van der Waals surface area contributed by atoms with Crippen molar-refractivity contribution >= 4 is 23.1 Å². The van der Waals surface area contributed by atoms with Gasteiger partial charge < -0.3 is 25.6 Å². The number of aryl methyl sites for hydroxylation is 1. The Labute approximate surface area is 148 Å². The number of morpholine rings is 1. The van der Waals surface area contributed by atoms with Crippen molar-refractivity contribution in [2.24, 2.45) is 10.7 Å². The summed E-state index contributed by atoms with van der Waals surface area (Å²) in [5.41, 5.74) is 8.40. The highest BCUT2D eigenvalue weighted by Crippen LogP contribution is 2.26. The van der Waals surface area contributed by atoms with E-state index < -0.39 is 5.54 Å². The molecule has 0 aliphatic carbocycles. The molecular formula is C18H27N5O2. The molecule has 1 aromatic rings. The summed E-state index contributed by atoms with van der Waals surface area (Å²) in [5, 5.41) is 2.98. The summed E-state index contributed by atoms with van der Waals surface area (Å²) >= 11 is 0. The molecule has 1 unspecified atom stereocenters. The number of amides is 1. The quantitative estimate of drug-likeness (QED) is 0.848. The number of hydrogen-bond donors (Lipinski definition) is 2. The molecule has 0 spiro atoms. The van der Waals surface area contributed by atoms with E-state index in [-0.39, 0.29) is 5.91 Å². The van der Waals surface area contributed by atoms with Gasteiger partial charge in [-0.15, -0.1) is 0 Å². The Bertz CT molecular complexity index is 690. The van der Waals surface area contributed by atoms with Crippen LogP contribution in [-0.2, 0) is 9.53 Å². The Hall–Kier alpha value is -1.96. The molecule has 1 atom stereocenters. The zero-order valence-electron chi connectivity index (χ0n) is 15.2. The molecule has 2 aliphatic heterocycles. The lowest BCUT2D eigenvalue weighted by molar-refractivity contribution is -0.120. The first-order valence-corrected chi connectivity index (χ1v) is 8.63. The van der Waals surface area contributed by atoms with Gasteiger partial charge in [0.05, 0.1) is 6.61 Å². The highest BCUT2D eigenvalue weighted by molar-refractivity contribution is 6.01. The molecule has 7 heteroatoms. The van der Waals surface area contributed by atoms with E-state index in [9.17, 15) is 4.79 Å². The number of nitrogens with two attached hydrogens (primary N) is 1. The molecule has 7 nitrogen and oxygen atoms in total. The van der Waals surface area contributed by atoms with Crippen LogP contribution in [-0.4, -0.2) is 69.1 Å². The third-order valence-electron chi connectivity index (χ3n) is 4.95. The van der Waals surface area contributed by atoms with Gasteiger partial charge in [0.1, 0.15) is 18.0 Å². The van der Waals surface area contributed by atoms with Crippen LogP contribution < -0.4 is 16.0 Å². The third-order valence-corrected chi connectivity index (χ3v) is 4.95. The van der Waals surface area contributed by atoms with E-state index in [2.05, 4.69) is 20.1 Å². The number of hydrogen-bond acceptors (Lipinski definition) is 5. The molecule has 1 amide bonds. The standard InChI is InChI=1S/C18H27N5O2/c1-13-10-14(21-17(24)18(19)6-7-22(3)12-18)4-5-15(13)23-8-9-25-11-16(23)20-2/h4-5,10H,6-9,11-12,19H2,1-3H3,(H,21,24). The van der Waals surface area contributed by atoms with Crippen molar-refractivity contribution in [3.63, 3.8) is 0 Å². The van der Waals surface area contributed by atoms with Crippen LogP contribution in [0.1, 0.15) is 12.0 Å². The van der Waals surface area contributed by atoms with Crippen molar-refractivity contribution in [3.8, 4) is 0 Å². The minimum absolute atomic E-state index is 0.119. The van der Waals surface area contributed by atoms with E-state index in [1.54, 1.807) is 7.05 Å². The number of amidine groups is 1. The zero-order chi connectivity index (χ0) is 18.0. The van der Waals surface area contributed by atoms with Crippen LogP contribution in [0.4, 0.5) is 11.4 Å². The summed E-state index contributed by atoms with van der Waals surface area (Å²) in [4.78, 5) is 21.1. The minimum Gasteiger partial charge on any atom is -0.372 e. The van der Waals surface area contributed by atoms with Gasteiger partial charge >= 0.3 is 0 Å². The van der Waals surface area contributed by atoms with Crippen molar-refractivity contribution < 1.29 is 9.53 Å². The molecule has 0 aromatic heterocycles. The number of likely N-dealkylation sites (tertiary alicyclic amines) is 1. The number of nitrogens with zero attached hydrogens (tertiary/aromatic N) is 3. The van der Waals surface area contributed by atoms with Gasteiger partial charge in [-0.2, -0.15) is 0 Å². The lowest BCUT2D eigenvalue weighted by Crippen LogP contribution is -2.52. The van der Waals surface area contributed by atoms with E-state index >= 15 is 0 Å². The number of benzene rings is 1. The third kappa shape index (κ3) is 3.68. The minimum atomic E-state index is -0.812. The lowest BCUT2D eigenvalue weighted by Gasteiger charge is -2.31. The fraction of sp³-hybridized carbons (Fsp3) is 0.556. The highest BCUT2D eigenvalue weighted by Gasteiger charge is 2.39. The Morgan fingerprint density at radius 3 is 2.84 bits per heavy atom. The number of ether oxygens (including phenoxy) is 1. The van der Waals surface area contributed by atoms with Crippen LogP contribution >= 0.6 is 0 Å². The summed E-state index contributed by atoms with van der Waals surface area (Å²) in [6, 6.07) is 5.93. The highest BCUT2D eigenvalue weighted by atomic mass is 16.5. The van der Waals surface area contributed by atoms with Crippen LogP contribution in [0.5, 0.6) is 0 Å². The number of carbonyl (C=O) groups excluding carboxylic acids is 1. The molecule has 25 heavy (non-hydrogen) atoms. The second-order valence-corrected chi connectivity index (χ2v) is 6.94. The average molecular weight is 345 g/mol. The molecular weight excluding hydrogens is 318 g/mol. The number of carbonyl (C=O) groups is 1. The first kappa shape index (κ1) is 17.8. The largest absolute Gasteiger partial charge is 0.372 e. The van der Waals surface area contributed by atoms with Crippen molar-refractivity contribution in [2.75, 3.05) is 57.2 Å². The van der Waals surface area contributed by atoms with E-state index in [1.807, 2.05) is 32.2 Å². The van der Waals surface area contributed by atoms with Gasteiger partial charge in [-0.05, 0) is 44.2 Å². The molecule has 0 radical (unpaired) electrons. The normalized spacial score (nSPS) is 26.2.